The summed E-state index contributed by atoms with van der Waals surface area (Å²) in [5.41, 5.74) is 0.653. The third kappa shape index (κ3) is 5.36. The maximum absolute atomic E-state index is 11.6. The van der Waals surface area contributed by atoms with Crippen molar-refractivity contribution in [3.05, 3.63) is 29.8 Å². The Bertz CT molecular complexity index is 389. The fourth-order valence-corrected chi connectivity index (χ4v) is 2.32. The minimum absolute atomic E-state index is 0.0559. The zero-order chi connectivity index (χ0) is 13.4. The first-order valence-electron chi connectivity index (χ1n) is 6.13. The van der Waals surface area contributed by atoms with Crippen molar-refractivity contribution < 1.29 is 9.59 Å². The SMILES string of the molecule is CCCC(C)NC(=O)CSc1ccc(C=O)cc1. The van der Waals surface area contributed by atoms with Crippen LogP contribution in [0.5, 0.6) is 0 Å². The molecule has 1 aromatic carbocycles. The van der Waals surface area contributed by atoms with Gasteiger partial charge in [0.05, 0.1) is 5.75 Å². The number of hydrogen-bond donors (Lipinski definition) is 1. The summed E-state index contributed by atoms with van der Waals surface area (Å²) in [6.07, 6.45) is 2.89. The van der Waals surface area contributed by atoms with Gasteiger partial charge in [0.1, 0.15) is 6.29 Å². The average Bonchev–Trinajstić information content (AvgIpc) is 2.37. The molecule has 0 heterocycles. The summed E-state index contributed by atoms with van der Waals surface area (Å²) in [6, 6.07) is 7.47. The monoisotopic (exact) mass is 265 g/mol. The Morgan fingerprint density at radius 1 is 1.39 bits per heavy atom. The van der Waals surface area contributed by atoms with Crippen LogP contribution < -0.4 is 5.32 Å². The number of carbonyl (C=O) groups excluding carboxylic acids is 2. The zero-order valence-corrected chi connectivity index (χ0v) is 11.6. The number of carbonyl (C=O) groups is 2. The van der Waals surface area contributed by atoms with Crippen LogP contribution >= 0.6 is 11.8 Å². The van der Waals surface area contributed by atoms with E-state index in [1.54, 1.807) is 12.1 Å². The Morgan fingerprint density at radius 2 is 2.06 bits per heavy atom. The van der Waals surface area contributed by atoms with Gasteiger partial charge in [0, 0.05) is 16.5 Å². The average molecular weight is 265 g/mol. The molecule has 1 unspecified atom stereocenters. The summed E-state index contributed by atoms with van der Waals surface area (Å²) in [6.45, 7) is 4.12. The molecule has 0 saturated carbocycles. The maximum Gasteiger partial charge on any atom is 0.230 e. The molecule has 1 amide bonds. The highest BCUT2D eigenvalue weighted by Crippen LogP contribution is 2.17. The zero-order valence-electron chi connectivity index (χ0n) is 10.8. The molecule has 0 spiro atoms. The second-order valence-corrected chi connectivity index (χ2v) is 5.28. The second kappa shape index (κ2) is 7.93. The van der Waals surface area contributed by atoms with Crippen molar-refractivity contribution in [2.75, 3.05) is 5.75 Å². The largest absolute Gasteiger partial charge is 0.353 e. The van der Waals surface area contributed by atoms with E-state index >= 15 is 0 Å². The fraction of sp³-hybridized carbons (Fsp3) is 0.429. The molecule has 98 valence electrons. The van der Waals surface area contributed by atoms with E-state index in [1.165, 1.54) is 11.8 Å². The lowest BCUT2D eigenvalue weighted by Gasteiger charge is -2.12. The summed E-state index contributed by atoms with van der Waals surface area (Å²) in [4.78, 5) is 23.1. The van der Waals surface area contributed by atoms with E-state index in [0.29, 0.717) is 11.3 Å². The van der Waals surface area contributed by atoms with Crippen molar-refractivity contribution in [3.63, 3.8) is 0 Å². The van der Waals surface area contributed by atoms with Crippen LogP contribution in [0, 0.1) is 0 Å². The molecule has 0 saturated heterocycles. The third-order valence-corrected chi connectivity index (χ3v) is 3.53. The van der Waals surface area contributed by atoms with E-state index in [4.69, 9.17) is 0 Å². The van der Waals surface area contributed by atoms with Gasteiger partial charge in [-0.15, -0.1) is 11.8 Å². The topological polar surface area (TPSA) is 46.2 Å². The lowest BCUT2D eigenvalue weighted by atomic mass is 10.2. The van der Waals surface area contributed by atoms with Gasteiger partial charge in [0.2, 0.25) is 5.91 Å². The molecule has 0 aromatic heterocycles. The number of rotatable bonds is 7. The van der Waals surface area contributed by atoms with Crippen molar-refractivity contribution in [3.8, 4) is 0 Å². The van der Waals surface area contributed by atoms with Gasteiger partial charge < -0.3 is 5.32 Å². The first kappa shape index (κ1) is 14.8. The van der Waals surface area contributed by atoms with Gasteiger partial charge >= 0.3 is 0 Å². The molecule has 1 aromatic rings. The molecule has 0 aliphatic carbocycles. The smallest absolute Gasteiger partial charge is 0.230 e. The molecular weight excluding hydrogens is 246 g/mol. The van der Waals surface area contributed by atoms with Gasteiger partial charge in [-0.25, -0.2) is 0 Å². The standard InChI is InChI=1S/C14H19NO2S/c1-3-4-11(2)15-14(17)10-18-13-7-5-12(9-16)6-8-13/h5-9,11H,3-4,10H2,1-2H3,(H,15,17). The van der Waals surface area contributed by atoms with Crippen LogP contribution in [0.25, 0.3) is 0 Å². The van der Waals surface area contributed by atoms with E-state index in [-0.39, 0.29) is 11.9 Å². The van der Waals surface area contributed by atoms with E-state index in [1.807, 2.05) is 19.1 Å². The van der Waals surface area contributed by atoms with Crippen LogP contribution in [0.15, 0.2) is 29.2 Å². The van der Waals surface area contributed by atoms with Crippen LogP contribution in [0.3, 0.4) is 0 Å². The van der Waals surface area contributed by atoms with E-state index in [9.17, 15) is 9.59 Å². The van der Waals surface area contributed by atoms with Gasteiger partial charge in [0.25, 0.3) is 0 Å². The quantitative estimate of drug-likeness (QED) is 0.609. The highest BCUT2D eigenvalue weighted by atomic mass is 32.2. The van der Waals surface area contributed by atoms with Gasteiger partial charge in [-0.05, 0) is 25.5 Å². The van der Waals surface area contributed by atoms with Crippen LogP contribution in [0.1, 0.15) is 37.0 Å². The highest BCUT2D eigenvalue weighted by Gasteiger charge is 2.06. The Labute approximate surface area is 112 Å². The first-order chi connectivity index (χ1) is 8.65. The second-order valence-electron chi connectivity index (χ2n) is 4.23. The van der Waals surface area contributed by atoms with Crippen LogP contribution in [0.2, 0.25) is 0 Å². The molecule has 1 atom stereocenters. The van der Waals surface area contributed by atoms with Crippen molar-refractivity contribution in [1.82, 2.24) is 5.32 Å². The van der Waals surface area contributed by atoms with Crippen LogP contribution in [-0.4, -0.2) is 24.0 Å². The van der Waals surface area contributed by atoms with E-state index < -0.39 is 0 Å². The molecule has 0 fully saturated rings. The van der Waals surface area contributed by atoms with Crippen LogP contribution in [-0.2, 0) is 4.79 Å². The van der Waals surface area contributed by atoms with Crippen molar-refractivity contribution >= 4 is 24.0 Å². The van der Waals surface area contributed by atoms with Crippen molar-refractivity contribution in [1.29, 1.82) is 0 Å². The molecule has 1 N–H and O–H groups in total. The molecule has 18 heavy (non-hydrogen) atoms. The fourth-order valence-electron chi connectivity index (χ4n) is 1.61. The first-order valence-corrected chi connectivity index (χ1v) is 7.11. The van der Waals surface area contributed by atoms with Gasteiger partial charge in [-0.1, -0.05) is 25.5 Å². The highest BCUT2D eigenvalue weighted by molar-refractivity contribution is 8.00. The Morgan fingerprint density at radius 3 is 2.61 bits per heavy atom. The number of thioether (sulfide) groups is 1. The summed E-state index contributed by atoms with van der Waals surface area (Å²) < 4.78 is 0. The number of benzene rings is 1. The normalized spacial score (nSPS) is 11.9. The van der Waals surface area contributed by atoms with Crippen molar-refractivity contribution in [2.24, 2.45) is 0 Å². The lowest BCUT2D eigenvalue weighted by molar-refractivity contribution is -0.119. The summed E-state index contributed by atoms with van der Waals surface area (Å²) in [5, 5.41) is 2.96. The predicted octanol–water partition coefficient (Wildman–Crippen LogP) is 2.90. The van der Waals surface area contributed by atoms with E-state index in [0.717, 1.165) is 24.0 Å². The molecule has 3 nitrogen and oxygen atoms in total. The molecule has 4 heteroatoms. The number of amides is 1. The molecular formula is C14H19NO2S. The van der Waals surface area contributed by atoms with E-state index in [2.05, 4.69) is 12.2 Å². The Kier molecular flexibility index (Phi) is 6.50. The Balaban J connectivity index is 2.35. The van der Waals surface area contributed by atoms with Crippen LogP contribution in [0.4, 0.5) is 0 Å². The maximum atomic E-state index is 11.6. The summed E-state index contributed by atoms with van der Waals surface area (Å²) >= 11 is 1.48. The summed E-state index contributed by atoms with van der Waals surface area (Å²) in [7, 11) is 0. The third-order valence-electron chi connectivity index (χ3n) is 2.52. The van der Waals surface area contributed by atoms with Gasteiger partial charge in [-0.2, -0.15) is 0 Å². The molecule has 1 rings (SSSR count). The predicted molar refractivity (Wildman–Crippen MR) is 75.1 cm³/mol. The molecule has 0 bridgehead atoms. The minimum Gasteiger partial charge on any atom is -0.353 e. The number of hydrogen-bond acceptors (Lipinski definition) is 3. The molecule has 0 aliphatic rings. The number of nitrogens with one attached hydrogen (secondary N) is 1. The Hall–Kier alpha value is -1.29. The number of aldehydes is 1. The van der Waals surface area contributed by atoms with Gasteiger partial charge in [0.15, 0.2) is 0 Å². The lowest BCUT2D eigenvalue weighted by Crippen LogP contribution is -2.33. The summed E-state index contributed by atoms with van der Waals surface area (Å²) in [5.74, 6) is 0.467. The van der Waals surface area contributed by atoms with Gasteiger partial charge in [-0.3, -0.25) is 9.59 Å². The molecule has 0 radical (unpaired) electrons. The molecule has 0 aliphatic heterocycles. The minimum atomic E-state index is 0.0559. The van der Waals surface area contributed by atoms with Crippen molar-refractivity contribution in [2.45, 2.75) is 37.6 Å².